The van der Waals surface area contributed by atoms with Crippen molar-refractivity contribution in [3.05, 3.63) is 47.1 Å². The number of nitrogens with zero attached hydrogens (tertiary/aromatic N) is 3. The molecule has 0 unspecified atom stereocenters. The molecule has 5 heteroatoms. The highest BCUT2D eigenvalue weighted by Crippen LogP contribution is 2.26. The summed E-state index contributed by atoms with van der Waals surface area (Å²) in [4.78, 5) is 12.9. The lowest BCUT2D eigenvalue weighted by atomic mass is 10.2. The smallest absolute Gasteiger partial charge is 0.178 e. The first-order valence-electron chi connectivity index (χ1n) is 5.59. The Labute approximate surface area is 108 Å². The fraction of sp³-hybridized carbons (Fsp3) is 0.154. The van der Waals surface area contributed by atoms with Crippen LogP contribution in [0.5, 0.6) is 0 Å². The van der Waals surface area contributed by atoms with Gasteiger partial charge in [-0.15, -0.1) is 16.4 Å². The van der Waals surface area contributed by atoms with E-state index in [4.69, 9.17) is 0 Å². The topological polar surface area (TPSA) is 47.8 Å². The lowest BCUT2D eigenvalue weighted by Crippen LogP contribution is -2.01. The van der Waals surface area contributed by atoms with Gasteiger partial charge in [-0.05, 0) is 17.5 Å². The number of hydrogen-bond donors (Lipinski definition) is 0. The number of aryl methyl sites for hydroxylation is 1. The zero-order chi connectivity index (χ0) is 12.5. The average Bonchev–Trinajstić information content (AvgIpc) is 2.95. The lowest BCUT2D eigenvalue weighted by molar-refractivity contribution is 0.0996. The van der Waals surface area contributed by atoms with Crippen LogP contribution in [-0.4, -0.2) is 20.8 Å². The standard InChI is InChI=1S/C13H11N3OS/c1-16-8-10(14-15-16)7-11(17)13-6-9-4-2-3-5-12(9)18-13/h2-6,8H,7H2,1H3. The van der Waals surface area contributed by atoms with E-state index in [0.717, 1.165) is 15.0 Å². The Kier molecular flexibility index (Phi) is 2.68. The molecule has 0 spiro atoms. The minimum absolute atomic E-state index is 0.0942. The molecule has 0 radical (unpaired) electrons. The first-order valence-corrected chi connectivity index (χ1v) is 6.41. The third kappa shape index (κ3) is 2.04. The molecule has 3 aromatic rings. The molecule has 0 saturated carbocycles. The minimum atomic E-state index is 0.0942. The van der Waals surface area contributed by atoms with Gasteiger partial charge in [0.05, 0.1) is 17.0 Å². The van der Waals surface area contributed by atoms with Crippen molar-refractivity contribution < 1.29 is 4.79 Å². The molecule has 0 aliphatic carbocycles. The van der Waals surface area contributed by atoms with E-state index in [1.54, 1.807) is 17.9 Å². The maximum absolute atomic E-state index is 12.1. The van der Waals surface area contributed by atoms with Gasteiger partial charge in [0.25, 0.3) is 0 Å². The molecule has 90 valence electrons. The number of fused-ring (bicyclic) bond motifs is 1. The number of benzene rings is 1. The monoisotopic (exact) mass is 257 g/mol. The van der Waals surface area contributed by atoms with Gasteiger partial charge >= 0.3 is 0 Å². The van der Waals surface area contributed by atoms with Crippen molar-refractivity contribution in [2.75, 3.05) is 0 Å². The first kappa shape index (κ1) is 11.1. The summed E-state index contributed by atoms with van der Waals surface area (Å²) in [6.07, 6.45) is 2.08. The highest BCUT2D eigenvalue weighted by molar-refractivity contribution is 7.20. The van der Waals surface area contributed by atoms with E-state index >= 15 is 0 Å². The van der Waals surface area contributed by atoms with Crippen LogP contribution in [-0.2, 0) is 13.5 Å². The third-order valence-electron chi connectivity index (χ3n) is 2.69. The summed E-state index contributed by atoms with van der Waals surface area (Å²) >= 11 is 1.53. The number of carbonyl (C=O) groups is 1. The van der Waals surface area contributed by atoms with Crippen LogP contribution in [0.15, 0.2) is 36.5 Å². The van der Waals surface area contributed by atoms with Gasteiger partial charge in [-0.2, -0.15) is 0 Å². The van der Waals surface area contributed by atoms with Crippen LogP contribution < -0.4 is 0 Å². The normalized spacial score (nSPS) is 10.9. The zero-order valence-electron chi connectivity index (χ0n) is 9.83. The molecule has 4 nitrogen and oxygen atoms in total. The second-order valence-corrected chi connectivity index (χ2v) is 5.22. The van der Waals surface area contributed by atoms with Crippen LogP contribution in [0, 0.1) is 0 Å². The van der Waals surface area contributed by atoms with Crippen molar-refractivity contribution >= 4 is 27.2 Å². The predicted molar refractivity (Wildman–Crippen MR) is 70.9 cm³/mol. The zero-order valence-corrected chi connectivity index (χ0v) is 10.6. The molecule has 0 atom stereocenters. The number of carbonyl (C=O) groups excluding carboxylic acids is 1. The van der Waals surface area contributed by atoms with Gasteiger partial charge < -0.3 is 0 Å². The number of Topliss-reactive ketones (excluding diaryl/α,β-unsaturated/α-hetero) is 1. The molecule has 0 amide bonds. The maximum atomic E-state index is 12.1. The van der Waals surface area contributed by atoms with Crippen molar-refractivity contribution in [1.82, 2.24) is 15.0 Å². The van der Waals surface area contributed by atoms with E-state index in [0.29, 0.717) is 12.1 Å². The number of thiophene rings is 1. The van der Waals surface area contributed by atoms with Crippen LogP contribution in [0.3, 0.4) is 0 Å². The molecule has 0 fully saturated rings. The van der Waals surface area contributed by atoms with E-state index in [1.165, 1.54) is 11.3 Å². The molecule has 1 aromatic carbocycles. The Morgan fingerprint density at radius 1 is 1.39 bits per heavy atom. The van der Waals surface area contributed by atoms with E-state index in [1.807, 2.05) is 30.3 Å². The summed E-state index contributed by atoms with van der Waals surface area (Å²) < 4.78 is 2.74. The fourth-order valence-electron chi connectivity index (χ4n) is 1.85. The van der Waals surface area contributed by atoms with Gasteiger partial charge in [0.2, 0.25) is 0 Å². The summed E-state index contributed by atoms with van der Waals surface area (Å²) in [6.45, 7) is 0. The van der Waals surface area contributed by atoms with Gasteiger partial charge in [-0.3, -0.25) is 9.48 Å². The lowest BCUT2D eigenvalue weighted by Gasteiger charge is -1.92. The Bertz CT molecular complexity index is 681. The molecule has 0 bridgehead atoms. The van der Waals surface area contributed by atoms with E-state index < -0.39 is 0 Å². The van der Waals surface area contributed by atoms with E-state index in [-0.39, 0.29) is 5.78 Å². The summed E-state index contributed by atoms with van der Waals surface area (Å²) in [5, 5.41) is 8.87. The van der Waals surface area contributed by atoms with Crippen molar-refractivity contribution in [1.29, 1.82) is 0 Å². The van der Waals surface area contributed by atoms with Crippen LogP contribution in [0.4, 0.5) is 0 Å². The Morgan fingerprint density at radius 2 is 2.22 bits per heavy atom. The largest absolute Gasteiger partial charge is 0.293 e. The van der Waals surface area contributed by atoms with Crippen molar-refractivity contribution in [3.63, 3.8) is 0 Å². The Hall–Kier alpha value is -2.01. The first-order chi connectivity index (χ1) is 8.72. The summed E-state index contributed by atoms with van der Waals surface area (Å²) in [6, 6.07) is 9.95. The molecule has 18 heavy (non-hydrogen) atoms. The Balaban J connectivity index is 1.87. The highest BCUT2D eigenvalue weighted by atomic mass is 32.1. The number of hydrogen-bond acceptors (Lipinski definition) is 4. The molecular formula is C13H11N3OS. The van der Waals surface area contributed by atoms with Gasteiger partial charge in [-0.25, -0.2) is 0 Å². The molecular weight excluding hydrogens is 246 g/mol. The minimum Gasteiger partial charge on any atom is -0.293 e. The summed E-state index contributed by atoms with van der Waals surface area (Å²) in [5.74, 6) is 0.0942. The molecule has 0 aliphatic heterocycles. The van der Waals surface area contributed by atoms with Gasteiger partial charge in [-0.1, -0.05) is 23.4 Å². The van der Waals surface area contributed by atoms with Crippen molar-refractivity contribution in [2.45, 2.75) is 6.42 Å². The third-order valence-corrected chi connectivity index (χ3v) is 3.85. The van der Waals surface area contributed by atoms with Crippen LogP contribution in [0.25, 0.3) is 10.1 Å². The molecule has 2 aromatic heterocycles. The fourth-order valence-corrected chi connectivity index (χ4v) is 2.85. The van der Waals surface area contributed by atoms with Crippen LogP contribution in [0.2, 0.25) is 0 Å². The van der Waals surface area contributed by atoms with E-state index in [2.05, 4.69) is 10.3 Å². The summed E-state index contributed by atoms with van der Waals surface area (Å²) in [5.41, 5.74) is 0.708. The SMILES string of the molecule is Cn1cc(CC(=O)c2cc3ccccc3s2)nn1. The van der Waals surface area contributed by atoms with E-state index in [9.17, 15) is 4.79 Å². The van der Waals surface area contributed by atoms with Crippen LogP contribution >= 0.6 is 11.3 Å². The number of ketones is 1. The second kappa shape index (κ2) is 4.34. The quantitative estimate of drug-likeness (QED) is 0.677. The van der Waals surface area contributed by atoms with Gasteiger partial charge in [0, 0.05) is 17.9 Å². The highest BCUT2D eigenvalue weighted by Gasteiger charge is 2.12. The molecule has 0 N–H and O–H groups in total. The Morgan fingerprint density at radius 3 is 2.94 bits per heavy atom. The van der Waals surface area contributed by atoms with Gasteiger partial charge in [0.15, 0.2) is 5.78 Å². The van der Waals surface area contributed by atoms with Crippen molar-refractivity contribution in [3.8, 4) is 0 Å². The average molecular weight is 257 g/mol. The molecule has 3 rings (SSSR count). The van der Waals surface area contributed by atoms with Gasteiger partial charge in [0.1, 0.15) is 0 Å². The van der Waals surface area contributed by atoms with Crippen LogP contribution in [0.1, 0.15) is 15.4 Å². The summed E-state index contributed by atoms with van der Waals surface area (Å²) in [7, 11) is 1.79. The molecule has 0 saturated heterocycles. The second-order valence-electron chi connectivity index (χ2n) is 4.13. The maximum Gasteiger partial charge on any atom is 0.178 e. The molecule has 0 aliphatic rings. The number of aromatic nitrogens is 3. The number of rotatable bonds is 3. The molecule has 2 heterocycles. The van der Waals surface area contributed by atoms with Crippen molar-refractivity contribution in [2.24, 2.45) is 7.05 Å². The predicted octanol–water partition coefficient (Wildman–Crippen LogP) is 2.46.